The fourth-order valence-corrected chi connectivity index (χ4v) is 3.20. The number of aromatic hydroxyl groups is 1. The van der Waals surface area contributed by atoms with E-state index >= 15 is 0 Å². The first kappa shape index (κ1) is 30.8. The molecule has 0 spiro atoms. The van der Waals surface area contributed by atoms with Crippen LogP contribution in [-0.2, 0) is 13.1 Å². The molecular weight excluding hydrogens is 592 g/mol. The molecule has 0 radical (unpaired) electrons. The van der Waals surface area contributed by atoms with E-state index in [9.17, 15) is 27.2 Å². The Morgan fingerprint density at radius 3 is 1.82 bits per heavy atom. The number of alkyl halides is 1. The summed E-state index contributed by atoms with van der Waals surface area (Å²) in [6, 6.07) is 7.27. The fraction of sp³-hybridized carbons (Fsp3) is 0.167. The molecule has 15 heteroatoms. The van der Waals surface area contributed by atoms with Crippen LogP contribution in [-0.4, -0.2) is 48.4 Å². The van der Waals surface area contributed by atoms with Crippen LogP contribution in [0.5, 0.6) is 11.5 Å². The van der Waals surface area contributed by atoms with Crippen molar-refractivity contribution in [2.75, 3.05) is 11.9 Å². The number of nitrogens with two attached hydrogens (primary N) is 2. The molecule has 0 aliphatic carbocycles. The number of halogens is 5. The van der Waals surface area contributed by atoms with Gasteiger partial charge >= 0.3 is 0 Å². The highest BCUT2D eigenvalue weighted by Crippen LogP contribution is 2.23. The molecule has 39 heavy (non-hydrogen) atoms. The molecule has 4 rings (SSSR count). The van der Waals surface area contributed by atoms with E-state index < -0.39 is 52.0 Å². The molecule has 0 fully saturated rings. The summed E-state index contributed by atoms with van der Waals surface area (Å²) < 4.78 is 61.0. The quantitative estimate of drug-likeness (QED) is 0.204. The summed E-state index contributed by atoms with van der Waals surface area (Å²) in [4.78, 5) is 21.4. The van der Waals surface area contributed by atoms with Gasteiger partial charge in [-0.1, -0.05) is 15.9 Å². The molecule has 4 aromatic rings. The van der Waals surface area contributed by atoms with Crippen LogP contribution in [0.3, 0.4) is 0 Å². The lowest BCUT2D eigenvalue weighted by atomic mass is 10.1. The minimum Gasteiger partial charge on any atom is -0.505 e. The molecule has 2 heterocycles. The van der Waals surface area contributed by atoms with Crippen molar-refractivity contribution < 1.29 is 37.0 Å². The molecular formula is C24H23BrF4N6O4. The van der Waals surface area contributed by atoms with E-state index in [1.165, 1.54) is 0 Å². The van der Waals surface area contributed by atoms with Crippen LogP contribution in [0.15, 0.2) is 61.2 Å². The average molecular weight is 615 g/mol. The normalized spacial score (nSPS) is 10.1. The van der Waals surface area contributed by atoms with Gasteiger partial charge in [-0.3, -0.25) is 19.0 Å². The molecule has 2 aromatic carbocycles. The minimum absolute atomic E-state index is 0.127. The highest BCUT2D eigenvalue weighted by atomic mass is 79.9. The zero-order valence-electron chi connectivity index (χ0n) is 20.1. The molecule has 208 valence electrons. The summed E-state index contributed by atoms with van der Waals surface area (Å²) in [7, 11) is 0. The van der Waals surface area contributed by atoms with Crippen LogP contribution < -0.4 is 16.2 Å². The van der Waals surface area contributed by atoms with E-state index in [0.29, 0.717) is 6.54 Å². The molecule has 0 unspecified atom stereocenters. The molecule has 0 aliphatic rings. The van der Waals surface area contributed by atoms with Crippen molar-refractivity contribution in [2.24, 2.45) is 11.5 Å². The lowest BCUT2D eigenvalue weighted by Crippen LogP contribution is -2.17. The summed E-state index contributed by atoms with van der Waals surface area (Å²) in [5.74, 6) is -7.96. The maximum absolute atomic E-state index is 13.8. The summed E-state index contributed by atoms with van der Waals surface area (Å²) in [5, 5.41) is 17.6. The number of carbonyl (C=O) groups is 2. The number of amides is 2. The van der Waals surface area contributed by atoms with Crippen LogP contribution in [0.1, 0.15) is 20.7 Å². The third-order valence-electron chi connectivity index (χ3n) is 4.63. The number of phenols is 1. The zero-order chi connectivity index (χ0) is 28.9. The number of ether oxygens (including phenoxy) is 1. The van der Waals surface area contributed by atoms with Gasteiger partial charge in [-0.15, -0.1) is 0 Å². The Morgan fingerprint density at radius 2 is 1.36 bits per heavy atom. The lowest BCUT2D eigenvalue weighted by molar-refractivity contribution is 0.0982. The molecule has 5 N–H and O–H groups in total. The van der Waals surface area contributed by atoms with Crippen LogP contribution >= 0.6 is 15.9 Å². The van der Waals surface area contributed by atoms with E-state index in [4.69, 9.17) is 15.6 Å². The minimum atomic E-state index is -1.33. The van der Waals surface area contributed by atoms with Crippen molar-refractivity contribution >= 4 is 27.7 Å². The number of hydrogen-bond acceptors (Lipinski definition) is 6. The fourth-order valence-electron chi connectivity index (χ4n) is 2.84. The van der Waals surface area contributed by atoms with Crippen LogP contribution in [0.2, 0.25) is 0 Å². The Bertz CT molecular complexity index is 1370. The maximum atomic E-state index is 13.8. The standard InChI is InChI=1S/C12H11F2N3O2.C7H5F2NO2.C5H7BrN2/c13-8-2-3-9(11(14)10(8)12(15)18)19-7-6-17-5-1-4-16-17;8-3-1-2-4(11)6(9)5(3)7(10)12;6-2-5-8-4-1-3-7-8/h1-5H,6-7H2,(H2,15,18);1-2,11H,(H2,10,12);1,3-4H,2,5H2. The first-order chi connectivity index (χ1) is 18.6. The second-order valence-electron chi connectivity index (χ2n) is 7.29. The van der Waals surface area contributed by atoms with Gasteiger partial charge in [0, 0.05) is 30.1 Å². The van der Waals surface area contributed by atoms with Gasteiger partial charge in [0.15, 0.2) is 23.1 Å². The smallest absolute Gasteiger partial charge is 0.254 e. The van der Waals surface area contributed by atoms with E-state index in [1.54, 1.807) is 29.3 Å². The number of primary amides is 2. The first-order valence-corrected chi connectivity index (χ1v) is 12.1. The molecule has 2 amide bonds. The van der Waals surface area contributed by atoms with Crippen molar-refractivity contribution in [1.82, 2.24) is 19.6 Å². The maximum Gasteiger partial charge on any atom is 0.254 e. The van der Waals surface area contributed by atoms with Gasteiger partial charge in [0.25, 0.3) is 11.8 Å². The molecule has 0 aliphatic heterocycles. The third-order valence-corrected chi connectivity index (χ3v) is 4.98. The van der Waals surface area contributed by atoms with Crippen LogP contribution in [0.4, 0.5) is 17.6 Å². The molecule has 2 aromatic heterocycles. The van der Waals surface area contributed by atoms with E-state index in [0.717, 1.165) is 36.1 Å². The van der Waals surface area contributed by atoms with Gasteiger partial charge in [0.2, 0.25) is 0 Å². The highest BCUT2D eigenvalue weighted by Gasteiger charge is 2.19. The van der Waals surface area contributed by atoms with Crippen molar-refractivity contribution in [3.05, 3.63) is 95.6 Å². The number of hydrogen-bond donors (Lipinski definition) is 3. The second-order valence-corrected chi connectivity index (χ2v) is 8.09. The number of aromatic nitrogens is 4. The van der Waals surface area contributed by atoms with Crippen LogP contribution in [0.25, 0.3) is 0 Å². The number of carbonyl (C=O) groups excluding carboxylic acids is 2. The van der Waals surface area contributed by atoms with Gasteiger partial charge < -0.3 is 21.3 Å². The number of phenolic OH excluding ortho intramolecular Hbond substituents is 1. The number of rotatable bonds is 8. The Hall–Kier alpha value is -4.40. The van der Waals surface area contributed by atoms with Crippen molar-refractivity contribution in [1.29, 1.82) is 0 Å². The first-order valence-electron chi connectivity index (χ1n) is 10.9. The number of aryl methyl sites for hydroxylation is 1. The van der Waals surface area contributed by atoms with Gasteiger partial charge in [-0.05, 0) is 36.4 Å². The van der Waals surface area contributed by atoms with Gasteiger partial charge in [-0.25, -0.2) is 17.6 Å². The van der Waals surface area contributed by atoms with Gasteiger partial charge in [0.1, 0.15) is 29.4 Å². The predicted octanol–water partition coefficient (Wildman–Crippen LogP) is 3.39. The third kappa shape index (κ3) is 9.14. The summed E-state index contributed by atoms with van der Waals surface area (Å²) >= 11 is 3.31. The molecule has 0 atom stereocenters. The molecule has 10 nitrogen and oxygen atoms in total. The monoisotopic (exact) mass is 614 g/mol. The summed E-state index contributed by atoms with van der Waals surface area (Å²) in [6.07, 6.45) is 7.05. The Balaban J connectivity index is 0.000000227. The largest absolute Gasteiger partial charge is 0.505 e. The highest BCUT2D eigenvalue weighted by molar-refractivity contribution is 9.09. The second kappa shape index (κ2) is 15.1. The van der Waals surface area contributed by atoms with Gasteiger partial charge in [0.05, 0.1) is 13.1 Å². The van der Waals surface area contributed by atoms with E-state index in [1.807, 2.05) is 16.9 Å². The zero-order valence-corrected chi connectivity index (χ0v) is 21.7. The SMILES string of the molecule is BrCCn1cccn1.NC(=O)c1c(F)ccc(O)c1F.NC(=O)c1c(F)ccc(OCCn2cccn2)c1F. The van der Waals surface area contributed by atoms with Crippen LogP contribution in [0, 0.1) is 23.3 Å². The molecule has 0 saturated carbocycles. The lowest BCUT2D eigenvalue weighted by Gasteiger charge is -2.09. The Labute approximate surface area is 227 Å². The van der Waals surface area contributed by atoms with Crippen molar-refractivity contribution in [3.8, 4) is 11.5 Å². The Morgan fingerprint density at radius 1 is 0.846 bits per heavy atom. The predicted molar refractivity (Wildman–Crippen MR) is 135 cm³/mol. The Kier molecular flexibility index (Phi) is 11.9. The van der Waals surface area contributed by atoms with Gasteiger partial charge in [-0.2, -0.15) is 10.2 Å². The van der Waals surface area contributed by atoms with Crippen molar-refractivity contribution in [3.63, 3.8) is 0 Å². The van der Waals surface area contributed by atoms with E-state index in [2.05, 4.69) is 31.9 Å². The van der Waals surface area contributed by atoms with E-state index in [-0.39, 0.29) is 12.4 Å². The average Bonchev–Trinajstić information content (AvgIpc) is 3.59. The molecule has 0 bridgehead atoms. The number of benzene rings is 2. The summed E-state index contributed by atoms with van der Waals surface area (Å²) in [6.45, 7) is 1.48. The summed E-state index contributed by atoms with van der Waals surface area (Å²) in [5.41, 5.74) is 7.84. The number of nitrogens with zero attached hydrogens (tertiary/aromatic N) is 4. The van der Waals surface area contributed by atoms with Crippen molar-refractivity contribution in [2.45, 2.75) is 13.1 Å². The molecule has 0 saturated heterocycles. The topological polar surface area (TPSA) is 151 Å².